The molecule has 0 saturated heterocycles. The Hall–Kier alpha value is -0.0800. The molecule has 2 heteroatoms. The summed E-state index contributed by atoms with van der Waals surface area (Å²) in [4.78, 5) is 0. The quantitative estimate of drug-likeness (QED) is 0.626. The Bertz CT molecular complexity index is 164. The Labute approximate surface area is 94.8 Å². The highest BCUT2D eigenvalue weighted by atomic mass is 16.5. The molecule has 15 heavy (non-hydrogen) atoms. The summed E-state index contributed by atoms with van der Waals surface area (Å²) >= 11 is 0. The van der Waals surface area contributed by atoms with E-state index < -0.39 is 0 Å². The van der Waals surface area contributed by atoms with Gasteiger partial charge in [0.2, 0.25) is 0 Å². The van der Waals surface area contributed by atoms with E-state index in [0.717, 1.165) is 19.1 Å². The van der Waals surface area contributed by atoms with E-state index in [0.29, 0.717) is 5.41 Å². The van der Waals surface area contributed by atoms with Crippen molar-refractivity contribution in [1.29, 1.82) is 0 Å². The van der Waals surface area contributed by atoms with E-state index in [2.05, 4.69) is 19.2 Å². The summed E-state index contributed by atoms with van der Waals surface area (Å²) in [7, 11) is 1.76. The van der Waals surface area contributed by atoms with Crippen LogP contribution in [0.25, 0.3) is 0 Å². The van der Waals surface area contributed by atoms with Crippen LogP contribution in [0.1, 0.15) is 46.0 Å². The van der Waals surface area contributed by atoms with Crippen molar-refractivity contribution in [3.05, 3.63) is 0 Å². The van der Waals surface area contributed by atoms with E-state index in [4.69, 9.17) is 4.74 Å². The molecule has 0 aromatic rings. The van der Waals surface area contributed by atoms with E-state index in [1.165, 1.54) is 38.6 Å². The van der Waals surface area contributed by atoms with Crippen molar-refractivity contribution in [2.24, 2.45) is 11.3 Å². The molecule has 1 fully saturated rings. The van der Waals surface area contributed by atoms with E-state index in [9.17, 15) is 0 Å². The molecule has 2 nitrogen and oxygen atoms in total. The second-order valence-corrected chi connectivity index (χ2v) is 5.46. The van der Waals surface area contributed by atoms with Crippen molar-refractivity contribution in [3.8, 4) is 0 Å². The Balaban J connectivity index is 2.15. The van der Waals surface area contributed by atoms with Gasteiger partial charge >= 0.3 is 0 Å². The van der Waals surface area contributed by atoms with Gasteiger partial charge in [0.05, 0.1) is 6.61 Å². The third-order valence-electron chi connectivity index (χ3n) is 3.65. The molecule has 0 radical (unpaired) electrons. The number of hydrogen-bond donors (Lipinski definition) is 1. The predicted molar refractivity (Wildman–Crippen MR) is 65.1 cm³/mol. The first-order valence-electron chi connectivity index (χ1n) is 6.38. The molecular weight excluding hydrogens is 186 g/mol. The van der Waals surface area contributed by atoms with Crippen molar-refractivity contribution in [3.63, 3.8) is 0 Å². The fraction of sp³-hybridized carbons (Fsp3) is 1.00. The van der Waals surface area contributed by atoms with Gasteiger partial charge in [0.1, 0.15) is 0 Å². The Morgan fingerprint density at radius 2 is 2.07 bits per heavy atom. The van der Waals surface area contributed by atoms with Crippen molar-refractivity contribution in [2.75, 3.05) is 26.8 Å². The lowest BCUT2D eigenvalue weighted by Gasteiger charge is -2.43. The second kappa shape index (κ2) is 6.49. The average molecular weight is 213 g/mol. The van der Waals surface area contributed by atoms with Gasteiger partial charge in [0.15, 0.2) is 0 Å². The zero-order valence-electron chi connectivity index (χ0n) is 10.6. The molecule has 1 aliphatic carbocycles. The second-order valence-electron chi connectivity index (χ2n) is 5.46. The van der Waals surface area contributed by atoms with Crippen LogP contribution in [0.4, 0.5) is 0 Å². The molecule has 1 aliphatic rings. The highest BCUT2D eigenvalue weighted by Crippen LogP contribution is 2.44. The van der Waals surface area contributed by atoms with Gasteiger partial charge in [-0.25, -0.2) is 0 Å². The van der Waals surface area contributed by atoms with Gasteiger partial charge < -0.3 is 10.1 Å². The van der Waals surface area contributed by atoms with Crippen LogP contribution in [0.15, 0.2) is 0 Å². The van der Waals surface area contributed by atoms with Gasteiger partial charge in [0, 0.05) is 20.2 Å². The number of ether oxygens (including phenoxy) is 1. The Morgan fingerprint density at radius 3 is 2.53 bits per heavy atom. The largest absolute Gasteiger partial charge is 0.383 e. The molecule has 0 atom stereocenters. The van der Waals surface area contributed by atoms with Gasteiger partial charge in [-0.3, -0.25) is 0 Å². The molecule has 90 valence electrons. The highest BCUT2D eigenvalue weighted by molar-refractivity contribution is 4.89. The van der Waals surface area contributed by atoms with E-state index >= 15 is 0 Å². The molecule has 0 heterocycles. The minimum atomic E-state index is 0.637. The first-order valence-corrected chi connectivity index (χ1v) is 6.38. The van der Waals surface area contributed by atoms with Crippen LogP contribution >= 0.6 is 0 Å². The molecule has 0 amide bonds. The standard InChI is InChI=1S/C13H27NO/c1-12(2)5-8-13(6-4-7-13)11-14-9-10-15-3/h12,14H,4-11H2,1-3H3. The number of rotatable bonds is 8. The van der Waals surface area contributed by atoms with Crippen LogP contribution in [0.2, 0.25) is 0 Å². The third-order valence-corrected chi connectivity index (χ3v) is 3.65. The molecule has 1 rings (SSSR count). The van der Waals surface area contributed by atoms with E-state index in [1.807, 2.05) is 0 Å². The third kappa shape index (κ3) is 4.52. The van der Waals surface area contributed by atoms with E-state index in [-0.39, 0.29) is 0 Å². The summed E-state index contributed by atoms with van der Waals surface area (Å²) in [6.45, 7) is 7.68. The van der Waals surface area contributed by atoms with E-state index in [1.54, 1.807) is 7.11 Å². The van der Waals surface area contributed by atoms with Gasteiger partial charge in [-0.15, -0.1) is 0 Å². The summed E-state index contributed by atoms with van der Waals surface area (Å²) in [5.41, 5.74) is 0.637. The fourth-order valence-corrected chi connectivity index (χ4v) is 2.31. The molecule has 0 spiro atoms. The van der Waals surface area contributed by atoms with Crippen LogP contribution in [0.5, 0.6) is 0 Å². The molecular formula is C13H27NO. The lowest BCUT2D eigenvalue weighted by molar-refractivity contribution is 0.103. The zero-order chi connectivity index (χ0) is 11.1. The molecule has 0 unspecified atom stereocenters. The van der Waals surface area contributed by atoms with Crippen LogP contribution in [-0.4, -0.2) is 26.8 Å². The number of methoxy groups -OCH3 is 1. The summed E-state index contributed by atoms with van der Waals surface area (Å²) in [5.74, 6) is 0.849. The van der Waals surface area contributed by atoms with Crippen LogP contribution < -0.4 is 5.32 Å². The maximum absolute atomic E-state index is 5.04. The van der Waals surface area contributed by atoms with Crippen molar-refractivity contribution in [1.82, 2.24) is 5.32 Å². The first kappa shape index (κ1) is 13.0. The van der Waals surface area contributed by atoms with Gasteiger partial charge in [-0.2, -0.15) is 0 Å². The summed E-state index contributed by atoms with van der Waals surface area (Å²) < 4.78 is 5.04. The smallest absolute Gasteiger partial charge is 0.0587 e. The molecule has 0 aromatic carbocycles. The minimum Gasteiger partial charge on any atom is -0.383 e. The number of nitrogens with one attached hydrogen (secondary N) is 1. The molecule has 0 aliphatic heterocycles. The summed E-state index contributed by atoms with van der Waals surface area (Å²) in [6.07, 6.45) is 7.08. The SMILES string of the molecule is COCCNCC1(CCC(C)C)CCC1. The van der Waals surface area contributed by atoms with Crippen molar-refractivity contribution >= 4 is 0 Å². The lowest BCUT2D eigenvalue weighted by Crippen LogP contribution is -2.41. The van der Waals surface area contributed by atoms with Crippen LogP contribution in [0.3, 0.4) is 0 Å². The zero-order valence-corrected chi connectivity index (χ0v) is 10.6. The first-order chi connectivity index (χ1) is 7.18. The van der Waals surface area contributed by atoms with Crippen LogP contribution in [0, 0.1) is 11.3 Å². The molecule has 1 saturated carbocycles. The molecule has 1 N–H and O–H groups in total. The Morgan fingerprint density at radius 1 is 1.33 bits per heavy atom. The maximum atomic E-state index is 5.04. The van der Waals surface area contributed by atoms with Gasteiger partial charge in [-0.05, 0) is 30.6 Å². The van der Waals surface area contributed by atoms with Crippen molar-refractivity contribution in [2.45, 2.75) is 46.0 Å². The van der Waals surface area contributed by atoms with Gasteiger partial charge in [-0.1, -0.05) is 26.7 Å². The van der Waals surface area contributed by atoms with Gasteiger partial charge in [0.25, 0.3) is 0 Å². The lowest BCUT2D eigenvalue weighted by atomic mass is 9.65. The summed E-state index contributed by atoms with van der Waals surface area (Å²) in [5, 5.41) is 3.53. The molecule has 0 aromatic heterocycles. The minimum absolute atomic E-state index is 0.637. The normalized spacial score (nSPS) is 19.2. The number of hydrogen-bond acceptors (Lipinski definition) is 2. The predicted octanol–water partition coefficient (Wildman–Crippen LogP) is 2.83. The highest BCUT2D eigenvalue weighted by Gasteiger charge is 2.35. The average Bonchev–Trinajstić information content (AvgIpc) is 2.14. The Kier molecular flexibility index (Phi) is 5.62. The summed E-state index contributed by atoms with van der Waals surface area (Å²) in [6, 6.07) is 0. The van der Waals surface area contributed by atoms with Crippen molar-refractivity contribution < 1.29 is 4.74 Å². The monoisotopic (exact) mass is 213 g/mol. The fourth-order valence-electron chi connectivity index (χ4n) is 2.31. The topological polar surface area (TPSA) is 21.3 Å². The van der Waals surface area contributed by atoms with Crippen LogP contribution in [-0.2, 0) is 4.74 Å². The maximum Gasteiger partial charge on any atom is 0.0587 e. The molecule has 0 bridgehead atoms.